The Balaban J connectivity index is 1.53. The Morgan fingerprint density at radius 1 is 0.933 bits per heavy atom. The minimum absolute atomic E-state index is 0.0363. The SMILES string of the molecule is CC(=O)N[C@@H](Cc1c[nH]c2ccccc12)C(=O)N[C@@H](CC(C)C)C(=O)N[C@@H](CCCN=C(N)N)C(=O)c1nc2ccccc2s1. The number of nitrogens with one attached hydrogen (secondary N) is 4. The zero-order chi connectivity index (χ0) is 32.5. The van der Waals surface area contributed by atoms with Gasteiger partial charge in [0.2, 0.25) is 23.5 Å². The lowest BCUT2D eigenvalue weighted by Gasteiger charge is -2.26. The third kappa shape index (κ3) is 9.11. The van der Waals surface area contributed by atoms with Crippen LogP contribution >= 0.6 is 11.3 Å². The quantitative estimate of drug-likeness (QED) is 0.0501. The first-order valence-corrected chi connectivity index (χ1v) is 15.7. The van der Waals surface area contributed by atoms with Crippen LogP contribution in [0.3, 0.4) is 0 Å². The summed E-state index contributed by atoms with van der Waals surface area (Å²) >= 11 is 1.25. The lowest BCUT2D eigenvalue weighted by atomic mass is 9.99. The summed E-state index contributed by atoms with van der Waals surface area (Å²) in [4.78, 5) is 64.8. The van der Waals surface area contributed by atoms with Gasteiger partial charge in [-0.15, -0.1) is 11.3 Å². The second kappa shape index (κ2) is 15.3. The molecule has 0 spiro atoms. The molecule has 0 saturated heterocycles. The van der Waals surface area contributed by atoms with Crippen LogP contribution < -0.4 is 27.4 Å². The van der Waals surface area contributed by atoms with Crippen LogP contribution in [0.4, 0.5) is 0 Å². The van der Waals surface area contributed by atoms with E-state index in [4.69, 9.17) is 11.5 Å². The Bertz CT molecular complexity index is 1660. The van der Waals surface area contributed by atoms with Gasteiger partial charge in [0.25, 0.3) is 0 Å². The Kier molecular flexibility index (Phi) is 11.3. The average molecular weight is 633 g/mol. The van der Waals surface area contributed by atoms with E-state index in [0.29, 0.717) is 18.4 Å². The number of fused-ring (bicyclic) bond motifs is 2. The monoisotopic (exact) mass is 632 g/mol. The number of carbonyl (C=O) groups is 4. The number of Topliss-reactive ketones (excluding diaryl/α,β-unsaturated/α-hetero) is 1. The van der Waals surface area contributed by atoms with Gasteiger partial charge in [0.15, 0.2) is 11.0 Å². The number of nitrogens with zero attached hydrogens (tertiary/aromatic N) is 2. The topological polar surface area (TPSA) is 197 Å². The molecule has 0 radical (unpaired) electrons. The first-order valence-electron chi connectivity index (χ1n) is 14.9. The molecule has 12 nitrogen and oxygen atoms in total. The van der Waals surface area contributed by atoms with Crippen molar-refractivity contribution in [3.8, 4) is 0 Å². The summed E-state index contributed by atoms with van der Waals surface area (Å²) in [5.74, 6) is -1.74. The van der Waals surface area contributed by atoms with E-state index in [0.717, 1.165) is 21.2 Å². The van der Waals surface area contributed by atoms with Crippen LogP contribution in [-0.4, -0.2) is 64.1 Å². The molecule has 0 unspecified atom stereocenters. The molecule has 0 aliphatic carbocycles. The predicted molar refractivity (Wildman–Crippen MR) is 177 cm³/mol. The van der Waals surface area contributed by atoms with Crippen molar-refractivity contribution in [2.75, 3.05) is 6.54 Å². The second-order valence-corrected chi connectivity index (χ2v) is 12.4. The van der Waals surface area contributed by atoms with E-state index >= 15 is 0 Å². The van der Waals surface area contributed by atoms with E-state index in [2.05, 4.69) is 30.9 Å². The molecule has 4 aromatic rings. The first kappa shape index (κ1) is 33.1. The van der Waals surface area contributed by atoms with Crippen LogP contribution in [0.1, 0.15) is 55.4 Å². The number of carbonyl (C=O) groups excluding carboxylic acids is 4. The van der Waals surface area contributed by atoms with Crippen LogP contribution in [-0.2, 0) is 20.8 Å². The molecule has 4 rings (SSSR count). The maximum Gasteiger partial charge on any atom is 0.243 e. The molecule has 0 aliphatic heterocycles. The summed E-state index contributed by atoms with van der Waals surface area (Å²) in [5, 5.41) is 9.66. The fraction of sp³-hybridized carbons (Fsp3) is 0.375. The molecule has 8 N–H and O–H groups in total. The van der Waals surface area contributed by atoms with Gasteiger partial charge in [0.05, 0.1) is 16.3 Å². The minimum Gasteiger partial charge on any atom is -0.370 e. The van der Waals surface area contributed by atoms with Gasteiger partial charge in [-0.05, 0) is 48.9 Å². The highest BCUT2D eigenvalue weighted by Gasteiger charge is 2.31. The maximum atomic E-state index is 13.8. The first-order chi connectivity index (χ1) is 21.5. The maximum absolute atomic E-state index is 13.8. The number of thiazole rings is 1. The number of aromatic amines is 1. The Hall–Kier alpha value is -4.78. The third-order valence-corrected chi connectivity index (χ3v) is 8.27. The van der Waals surface area contributed by atoms with Gasteiger partial charge in [-0.3, -0.25) is 24.2 Å². The Labute approximate surface area is 265 Å². The number of nitrogens with two attached hydrogens (primary N) is 2. The number of para-hydroxylation sites is 2. The molecule has 3 atom stereocenters. The normalized spacial score (nSPS) is 13.2. The number of ketones is 1. The van der Waals surface area contributed by atoms with Crippen molar-refractivity contribution >= 4 is 61.9 Å². The summed E-state index contributed by atoms with van der Waals surface area (Å²) in [6.45, 7) is 5.49. The van der Waals surface area contributed by atoms with Crippen molar-refractivity contribution in [2.24, 2.45) is 22.4 Å². The molecule has 0 aliphatic rings. The Morgan fingerprint density at radius 2 is 1.62 bits per heavy atom. The summed E-state index contributed by atoms with van der Waals surface area (Å²) < 4.78 is 0.857. The molecule has 2 aromatic carbocycles. The molecule has 0 bridgehead atoms. The molecular weight excluding hydrogens is 592 g/mol. The third-order valence-electron chi connectivity index (χ3n) is 7.22. The van der Waals surface area contributed by atoms with E-state index in [9.17, 15) is 19.2 Å². The van der Waals surface area contributed by atoms with Gasteiger partial charge < -0.3 is 32.4 Å². The fourth-order valence-electron chi connectivity index (χ4n) is 5.12. The Morgan fingerprint density at radius 3 is 2.33 bits per heavy atom. The number of hydrogen-bond acceptors (Lipinski definition) is 7. The number of aliphatic imine (C=N–C) groups is 1. The lowest BCUT2D eigenvalue weighted by Crippen LogP contribution is -2.56. The highest BCUT2D eigenvalue weighted by atomic mass is 32.1. The summed E-state index contributed by atoms with van der Waals surface area (Å²) in [5.41, 5.74) is 13.4. The van der Waals surface area contributed by atoms with Gasteiger partial charge in [-0.2, -0.15) is 0 Å². The van der Waals surface area contributed by atoms with Crippen LogP contribution in [0.25, 0.3) is 21.1 Å². The van der Waals surface area contributed by atoms with Crippen molar-refractivity contribution in [3.05, 3.63) is 65.3 Å². The number of amides is 3. The number of hydrogen-bond donors (Lipinski definition) is 6. The summed E-state index contributed by atoms with van der Waals surface area (Å²) in [6, 6.07) is 12.3. The van der Waals surface area contributed by atoms with Gasteiger partial charge in [-0.1, -0.05) is 44.2 Å². The number of benzene rings is 2. The summed E-state index contributed by atoms with van der Waals surface area (Å²) in [6.07, 6.45) is 3.03. The zero-order valence-electron chi connectivity index (χ0n) is 25.6. The van der Waals surface area contributed by atoms with Crippen LogP contribution in [0.15, 0.2) is 59.7 Å². The molecule has 2 aromatic heterocycles. The second-order valence-electron chi connectivity index (χ2n) is 11.4. The molecule has 0 saturated carbocycles. The van der Waals surface area contributed by atoms with Crippen molar-refractivity contribution in [2.45, 2.75) is 64.6 Å². The lowest BCUT2D eigenvalue weighted by molar-refractivity contribution is -0.132. The van der Waals surface area contributed by atoms with E-state index in [1.165, 1.54) is 18.3 Å². The zero-order valence-corrected chi connectivity index (χ0v) is 26.4. The summed E-state index contributed by atoms with van der Waals surface area (Å²) in [7, 11) is 0. The van der Waals surface area contributed by atoms with Crippen LogP contribution in [0.5, 0.6) is 0 Å². The molecule has 3 amide bonds. The number of guanidine groups is 1. The van der Waals surface area contributed by atoms with Crippen molar-refractivity contribution < 1.29 is 19.2 Å². The van der Waals surface area contributed by atoms with Gasteiger partial charge in [0.1, 0.15) is 12.1 Å². The fourth-order valence-corrected chi connectivity index (χ4v) is 6.08. The van der Waals surface area contributed by atoms with Crippen molar-refractivity contribution in [1.82, 2.24) is 25.9 Å². The smallest absolute Gasteiger partial charge is 0.243 e. The number of aromatic nitrogens is 2. The minimum atomic E-state index is -0.958. The molecular formula is C32H40N8O4S. The molecule has 13 heteroatoms. The predicted octanol–water partition coefficient (Wildman–Crippen LogP) is 2.78. The largest absolute Gasteiger partial charge is 0.370 e. The highest BCUT2D eigenvalue weighted by Crippen LogP contribution is 2.24. The van der Waals surface area contributed by atoms with E-state index < -0.39 is 29.9 Å². The number of rotatable bonds is 15. The van der Waals surface area contributed by atoms with E-state index in [1.54, 1.807) is 0 Å². The van der Waals surface area contributed by atoms with E-state index in [1.807, 2.05) is 68.6 Å². The molecule has 2 heterocycles. The van der Waals surface area contributed by atoms with E-state index in [-0.39, 0.29) is 48.0 Å². The van der Waals surface area contributed by atoms with Crippen LogP contribution in [0.2, 0.25) is 0 Å². The van der Waals surface area contributed by atoms with Crippen LogP contribution in [0, 0.1) is 5.92 Å². The molecule has 45 heavy (non-hydrogen) atoms. The highest BCUT2D eigenvalue weighted by molar-refractivity contribution is 7.20. The van der Waals surface area contributed by atoms with Gasteiger partial charge in [-0.25, -0.2) is 4.98 Å². The molecule has 238 valence electrons. The number of H-pyrrole nitrogens is 1. The van der Waals surface area contributed by atoms with Crippen molar-refractivity contribution in [3.63, 3.8) is 0 Å². The standard InChI is InChI=1S/C32H40N8O4S/c1-18(2)15-25(39-30(44)26(37-19(3)41)16-20-17-36-22-10-5-4-9-21(20)22)29(43)38-24(12-8-14-35-32(33)34)28(42)31-40-23-11-6-7-13-27(23)45-31/h4-7,9-11,13,17-18,24-26,36H,8,12,14-16H2,1-3H3,(H,37,41)(H,38,43)(H,39,44)(H4,33,34,35)/t24-,25-,26-/m0/s1. The average Bonchev–Trinajstić information content (AvgIpc) is 3.61. The van der Waals surface area contributed by atoms with Crippen molar-refractivity contribution in [1.29, 1.82) is 0 Å². The van der Waals surface area contributed by atoms with Gasteiger partial charge in [0, 0.05) is 37.0 Å². The van der Waals surface area contributed by atoms with Gasteiger partial charge >= 0.3 is 0 Å². The molecule has 0 fully saturated rings.